The monoisotopic (exact) mass is 503 g/mol. The third kappa shape index (κ3) is 5.10. The molecular formula is C23H29N5O4S2. The third-order valence-electron chi connectivity index (χ3n) is 5.93. The fraction of sp³-hybridized carbons (Fsp3) is 0.522. The molecular weight excluding hydrogens is 474 g/mol. The number of carboxylic acids is 1. The molecule has 1 aromatic rings. The van der Waals surface area contributed by atoms with E-state index in [0.717, 1.165) is 30.1 Å². The molecule has 11 heteroatoms. The standard InChI is InChI=1S/C23H29N5O4S2/c1-4-5-27-12-24-26-23(27)34-11-16-10-33-21-18(20(30)28(21)19(16)22(31)32)25-17(29)9-15-7-13(2)6-14(3)8-15/h6-7,12-13,18,21H,4-5,8-11H2,1-3H3,(H,25,29)(H,31,32)/t13?,18?,21-/m0/s1. The maximum atomic E-state index is 12.9. The lowest BCUT2D eigenvalue weighted by molar-refractivity contribution is -0.150. The summed E-state index contributed by atoms with van der Waals surface area (Å²) in [4.78, 5) is 39.0. The van der Waals surface area contributed by atoms with Crippen LogP contribution in [0.2, 0.25) is 0 Å². The van der Waals surface area contributed by atoms with Gasteiger partial charge in [0.05, 0.1) is 0 Å². The number of carbonyl (C=O) groups is 3. The fourth-order valence-corrected chi connectivity index (χ4v) is 7.02. The first-order valence-corrected chi connectivity index (χ1v) is 13.4. The zero-order chi connectivity index (χ0) is 24.4. The number of nitrogens with zero attached hydrogens (tertiary/aromatic N) is 4. The summed E-state index contributed by atoms with van der Waals surface area (Å²) in [6.45, 7) is 6.98. The van der Waals surface area contributed by atoms with E-state index in [4.69, 9.17) is 0 Å². The molecule has 182 valence electrons. The zero-order valence-electron chi connectivity index (χ0n) is 19.5. The number of amides is 2. The quantitative estimate of drug-likeness (QED) is 0.300. The number of carbonyl (C=O) groups excluding carboxylic acids is 2. The number of aliphatic carboxylic acids is 1. The Kier molecular flexibility index (Phi) is 7.51. The third-order valence-corrected chi connectivity index (χ3v) is 8.33. The average Bonchev–Trinajstić information content (AvgIpc) is 3.21. The van der Waals surface area contributed by atoms with Crippen LogP contribution in [-0.4, -0.2) is 65.5 Å². The van der Waals surface area contributed by atoms with Gasteiger partial charge >= 0.3 is 5.97 Å². The first kappa shape index (κ1) is 24.6. The Bertz CT molecular complexity index is 1090. The van der Waals surface area contributed by atoms with E-state index in [0.29, 0.717) is 23.0 Å². The summed E-state index contributed by atoms with van der Waals surface area (Å²) in [5, 5.41) is 21.1. The van der Waals surface area contributed by atoms with Crippen LogP contribution < -0.4 is 5.32 Å². The van der Waals surface area contributed by atoms with Gasteiger partial charge in [0, 0.05) is 24.5 Å². The van der Waals surface area contributed by atoms with E-state index in [1.54, 1.807) is 6.33 Å². The second-order valence-electron chi connectivity index (χ2n) is 8.86. The molecule has 1 aliphatic carbocycles. The normalized spacial score (nSPS) is 24.3. The predicted octanol–water partition coefficient (Wildman–Crippen LogP) is 2.82. The molecule has 0 aromatic carbocycles. The fourth-order valence-electron chi connectivity index (χ4n) is 4.59. The second-order valence-corrected chi connectivity index (χ2v) is 10.9. The Morgan fingerprint density at radius 3 is 2.85 bits per heavy atom. The van der Waals surface area contributed by atoms with Crippen LogP contribution >= 0.6 is 23.5 Å². The number of hydrogen-bond acceptors (Lipinski definition) is 7. The highest BCUT2D eigenvalue weighted by Crippen LogP contribution is 2.41. The van der Waals surface area contributed by atoms with Gasteiger partial charge in [0.1, 0.15) is 23.4 Å². The van der Waals surface area contributed by atoms with Crippen molar-refractivity contribution in [3.05, 3.63) is 40.9 Å². The molecule has 3 atom stereocenters. The van der Waals surface area contributed by atoms with Crippen molar-refractivity contribution in [3.63, 3.8) is 0 Å². The van der Waals surface area contributed by atoms with E-state index < -0.39 is 17.4 Å². The molecule has 3 heterocycles. The van der Waals surface area contributed by atoms with Crippen LogP contribution in [0.3, 0.4) is 0 Å². The number of carboxylic acid groups (broad SMARTS) is 1. The van der Waals surface area contributed by atoms with Gasteiger partial charge in [-0.25, -0.2) is 4.79 Å². The summed E-state index contributed by atoms with van der Waals surface area (Å²) in [5.74, 6) is -0.529. The van der Waals surface area contributed by atoms with Gasteiger partial charge in [-0.2, -0.15) is 0 Å². The SMILES string of the molecule is CCCn1cnnc1SCC1=C(C(=O)O)N2C(=O)C(NC(=O)CC3=CC(C)C=C(C)C3)[C@@H]2SC1. The number of fused-ring (bicyclic) bond motifs is 1. The number of hydrogen-bond donors (Lipinski definition) is 2. The van der Waals surface area contributed by atoms with Crippen molar-refractivity contribution in [2.45, 2.75) is 63.2 Å². The molecule has 2 amide bonds. The van der Waals surface area contributed by atoms with Gasteiger partial charge in [-0.3, -0.25) is 14.5 Å². The largest absolute Gasteiger partial charge is 0.477 e. The van der Waals surface area contributed by atoms with Gasteiger partial charge in [0.2, 0.25) is 5.91 Å². The van der Waals surface area contributed by atoms with E-state index in [9.17, 15) is 19.5 Å². The molecule has 9 nitrogen and oxygen atoms in total. The van der Waals surface area contributed by atoms with Crippen LogP contribution in [0.1, 0.15) is 40.0 Å². The molecule has 2 unspecified atom stereocenters. The minimum atomic E-state index is -1.13. The van der Waals surface area contributed by atoms with E-state index in [-0.39, 0.29) is 23.9 Å². The predicted molar refractivity (Wildman–Crippen MR) is 131 cm³/mol. The maximum Gasteiger partial charge on any atom is 0.352 e. The highest BCUT2D eigenvalue weighted by Gasteiger charge is 2.54. The second kappa shape index (κ2) is 10.4. The van der Waals surface area contributed by atoms with Crippen molar-refractivity contribution in [2.75, 3.05) is 11.5 Å². The Morgan fingerprint density at radius 1 is 1.35 bits per heavy atom. The topological polar surface area (TPSA) is 117 Å². The first-order valence-electron chi connectivity index (χ1n) is 11.3. The smallest absolute Gasteiger partial charge is 0.352 e. The summed E-state index contributed by atoms with van der Waals surface area (Å²) in [7, 11) is 0. The highest BCUT2D eigenvalue weighted by molar-refractivity contribution is 8.01. The van der Waals surface area contributed by atoms with Crippen LogP contribution in [0.15, 0.2) is 46.1 Å². The van der Waals surface area contributed by atoms with Crippen LogP contribution in [0, 0.1) is 5.92 Å². The minimum Gasteiger partial charge on any atom is -0.477 e. The molecule has 34 heavy (non-hydrogen) atoms. The summed E-state index contributed by atoms with van der Waals surface area (Å²) in [5.41, 5.74) is 2.98. The maximum absolute atomic E-state index is 12.9. The van der Waals surface area contributed by atoms with Crippen LogP contribution in [0.25, 0.3) is 0 Å². The van der Waals surface area contributed by atoms with Gasteiger partial charge in [0.25, 0.3) is 5.91 Å². The molecule has 1 fully saturated rings. The van der Waals surface area contributed by atoms with Crippen molar-refractivity contribution in [2.24, 2.45) is 5.92 Å². The van der Waals surface area contributed by atoms with Crippen molar-refractivity contribution in [1.82, 2.24) is 25.0 Å². The lowest BCUT2D eigenvalue weighted by Crippen LogP contribution is -2.70. The summed E-state index contributed by atoms with van der Waals surface area (Å²) < 4.78 is 1.94. The number of thioether (sulfide) groups is 2. The highest BCUT2D eigenvalue weighted by atomic mass is 32.2. The lowest BCUT2D eigenvalue weighted by Gasteiger charge is -2.49. The van der Waals surface area contributed by atoms with Crippen molar-refractivity contribution in [3.8, 4) is 0 Å². The average molecular weight is 504 g/mol. The van der Waals surface area contributed by atoms with Gasteiger partial charge in [0.15, 0.2) is 5.16 Å². The van der Waals surface area contributed by atoms with Crippen LogP contribution in [0.4, 0.5) is 0 Å². The van der Waals surface area contributed by atoms with E-state index >= 15 is 0 Å². The molecule has 0 bridgehead atoms. The number of nitrogens with one attached hydrogen (secondary N) is 1. The van der Waals surface area contributed by atoms with Crippen LogP contribution in [-0.2, 0) is 20.9 Å². The number of aryl methyl sites for hydroxylation is 1. The van der Waals surface area contributed by atoms with Gasteiger partial charge in [-0.1, -0.05) is 48.9 Å². The lowest BCUT2D eigenvalue weighted by atomic mass is 9.91. The molecule has 1 aromatic heterocycles. The summed E-state index contributed by atoms with van der Waals surface area (Å²) in [6.07, 6.45) is 7.88. The Labute approximate surface area is 207 Å². The molecule has 0 spiro atoms. The molecule has 2 N–H and O–H groups in total. The summed E-state index contributed by atoms with van der Waals surface area (Å²) >= 11 is 2.90. The zero-order valence-corrected chi connectivity index (χ0v) is 21.1. The number of aromatic nitrogens is 3. The molecule has 3 aliphatic rings. The van der Waals surface area contributed by atoms with Gasteiger partial charge in [-0.05, 0) is 31.3 Å². The molecule has 4 rings (SSSR count). The van der Waals surface area contributed by atoms with Crippen LogP contribution in [0.5, 0.6) is 0 Å². The molecule has 2 aliphatic heterocycles. The van der Waals surface area contributed by atoms with E-state index in [2.05, 4.69) is 48.4 Å². The number of β-lactam (4-membered cyclic amide) rings is 1. The number of rotatable bonds is 9. The van der Waals surface area contributed by atoms with Crippen molar-refractivity contribution < 1.29 is 19.5 Å². The molecule has 0 saturated carbocycles. The number of allylic oxidation sites excluding steroid dienone is 3. The van der Waals surface area contributed by atoms with E-state index in [1.807, 2.05) is 4.57 Å². The first-order chi connectivity index (χ1) is 16.3. The molecule has 1 saturated heterocycles. The molecule has 0 radical (unpaired) electrons. The van der Waals surface area contributed by atoms with Crippen molar-refractivity contribution in [1.29, 1.82) is 0 Å². The summed E-state index contributed by atoms with van der Waals surface area (Å²) in [6, 6.07) is -0.702. The Morgan fingerprint density at radius 2 is 2.15 bits per heavy atom. The minimum absolute atomic E-state index is 0.0258. The van der Waals surface area contributed by atoms with E-state index in [1.165, 1.54) is 34.0 Å². The van der Waals surface area contributed by atoms with Gasteiger partial charge in [-0.15, -0.1) is 22.0 Å². The Hall–Kier alpha value is -2.53. The Balaban J connectivity index is 1.40. The van der Waals surface area contributed by atoms with Crippen molar-refractivity contribution >= 4 is 41.3 Å². The van der Waals surface area contributed by atoms with Gasteiger partial charge < -0.3 is 15.0 Å².